The molecule has 1 N–H and O–H groups in total. The van der Waals surface area contributed by atoms with Crippen LogP contribution in [0.15, 0.2) is 24.3 Å². The molecule has 3 rings (SSSR count). The molecule has 0 aromatic heterocycles. The van der Waals surface area contributed by atoms with Gasteiger partial charge >= 0.3 is 0 Å². The quantitative estimate of drug-likeness (QED) is 0.848. The van der Waals surface area contributed by atoms with Crippen LogP contribution in [0.25, 0.3) is 0 Å². The van der Waals surface area contributed by atoms with Gasteiger partial charge in [0.1, 0.15) is 0 Å². The second kappa shape index (κ2) is 8.87. The van der Waals surface area contributed by atoms with E-state index >= 15 is 0 Å². The minimum atomic E-state index is 0.143. The standard InChI is InChI=1S/C21H33N3O2/c1-22(2)20-11-14-24(16-18(20)6-5-15-25)21(26)17-7-9-19(10-8-17)23-12-3-4-13-23/h7-10,18,20,25H,3-6,11-16H2,1-2H3/t18-,20+/m0/s1. The number of anilines is 1. The van der Waals surface area contributed by atoms with Crippen molar-refractivity contribution in [1.29, 1.82) is 0 Å². The number of hydrogen-bond donors (Lipinski definition) is 1. The number of likely N-dealkylation sites (tertiary alicyclic amines) is 1. The highest BCUT2D eigenvalue weighted by molar-refractivity contribution is 5.94. The first kappa shape index (κ1) is 19.2. The summed E-state index contributed by atoms with van der Waals surface area (Å²) in [6.07, 6.45) is 5.30. The lowest BCUT2D eigenvalue weighted by Gasteiger charge is -2.41. The van der Waals surface area contributed by atoms with Crippen LogP contribution in [0.4, 0.5) is 5.69 Å². The highest BCUT2D eigenvalue weighted by Gasteiger charge is 2.32. The first-order valence-corrected chi connectivity index (χ1v) is 10.0. The molecule has 2 aliphatic rings. The van der Waals surface area contributed by atoms with E-state index in [9.17, 15) is 9.90 Å². The number of hydrogen-bond acceptors (Lipinski definition) is 4. The molecule has 2 aliphatic heterocycles. The van der Waals surface area contributed by atoms with Gasteiger partial charge in [-0.2, -0.15) is 0 Å². The van der Waals surface area contributed by atoms with Crippen molar-refractivity contribution in [1.82, 2.24) is 9.80 Å². The van der Waals surface area contributed by atoms with Crippen molar-refractivity contribution in [2.75, 3.05) is 51.8 Å². The molecular weight excluding hydrogens is 326 g/mol. The largest absolute Gasteiger partial charge is 0.396 e. The Morgan fingerprint density at radius 3 is 2.46 bits per heavy atom. The van der Waals surface area contributed by atoms with Gasteiger partial charge in [-0.3, -0.25) is 4.79 Å². The summed E-state index contributed by atoms with van der Waals surface area (Å²) in [5, 5.41) is 9.19. The van der Waals surface area contributed by atoms with E-state index in [-0.39, 0.29) is 12.5 Å². The van der Waals surface area contributed by atoms with Crippen molar-refractivity contribution >= 4 is 11.6 Å². The third-order valence-corrected chi connectivity index (χ3v) is 5.96. The summed E-state index contributed by atoms with van der Waals surface area (Å²) in [5.41, 5.74) is 2.02. The zero-order valence-corrected chi connectivity index (χ0v) is 16.2. The third kappa shape index (κ3) is 4.38. The Bertz CT molecular complexity index is 581. The first-order chi connectivity index (χ1) is 12.6. The van der Waals surface area contributed by atoms with Gasteiger partial charge in [0.05, 0.1) is 0 Å². The molecule has 5 heteroatoms. The normalized spacial score (nSPS) is 23.7. The smallest absolute Gasteiger partial charge is 0.253 e. The first-order valence-electron chi connectivity index (χ1n) is 10.0. The summed E-state index contributed by atoms with van der Waals surface area (Å²) in [6.45, 7) is 4.07. The van der Waals surface area contributed by atoms with E-state index in [1.165, 1.54) is 18.5 Å². The Morgan fingerprint density at radius 1 is 1.15 bits per heavy atom. The van der Waals surface area contributed by atoms with Gasteiger partial charge in [-0.15, -0.1) is 0 Å². The van der Waals surface area contributed by atoms with Crippen LogP contribution in [0.3, 0.4) is 0 Å². The number of carbonyl (C=O) groups excluding carboxylic acids is 1. The average Bonchev–Trinajstić information content (AvgIpc) is 3.20. The van der Waals surface area contributed by atoms with Crippen molar-refractivity contribution in [2.24, 2.45) is 5.92 Å². The summed E-state index contributed by atoms with van der Waals surface area (Å²) >= 11 is 0. The van der Waals surface area contributed by atoms with E-state index in [0.717, 1.165) is 51.0 Å². The van der Waals surface area contributed by atoms with E-state index in [4.69, 9.17) is 0 Å². The second-order valence-electron chi connectivity index (χ2n) is 7.94. The summed E-state index contributed by atoms with van der Waals surface area (Å²) in [4.78, 5) is 19.6. The van der Waals surface area contributed by atoms with Crippen LogP contribution in [-0.4, -0.2) is 73.7 Å². The van der Waals surface area contributed by atoms with Crippen LogP contribution in [0, 0.1) is 5.92 Å². The molecule has 2 atom stereocenters. The Balaban J connectivity index is 1.65. The minimum Gasteiger partial charge on any atom is -0.396 e. The second-order valence-corrected chi connectivity index (χ2v) is 7.94. The molecule has 0 spiro atoms. The third-order valence-electron chi connectivity index (χ3n) is 5.96. The molecule has 1 aromatic rings. The summed E-state index contributed by atoms with van der Waals surface area (Å²) in [7, 11) is 4.23. The summed E-state index contributed by atoms with van der Waals surface area (Å²) < 4.78 is 0. The predicted octanol–water partition coefficient (Wildman–Crippen LogP) is 2.45. The molecule has 2 heterocycles. The van der Waals surface area contributed by atoms with Gasteiger partial charge in [-0.05, 0) is 76.4 Å². The number of nitrogens with zero attached hydrogens (tertiary/aromatic N) is 3. The van der Waals surface area contributed by atoms with E-state index in [1.54, 1.807) is 0 Å². The van der Waals surface area contributed by atoms with Crippen LogP contribution >= 0.6 is 0 Å². The molecule has 0 radical (unpaired) electrons. The number of amides is 1. The number of aliphatic hydroxyl groups is 1. The summed E-state index contributed by atoms with van der Waals surface area (Å²) in [5.74, 6) is 0.572. The number of rotatable bonds is 6. The average molecular weight is 360 g/mol. The maximum absolute atomic E-state index is 13.0. The molecule has 0 unspecified atom stereocenters. The Morgan fingerprint density at radius 2 is 1.85 bits per heavy atom. The SMILES string of the molecule is CN(C)[C@@H]1CCN(C(=O)c2ccc(N3CCCC3)cc2)C[C@@H]1CCCO. The minimum absolute atomic E-state index is 0.143. The van der Waals surface area contributed by atoms with Gasteiger partial charge in [0.2, 0.25) is 0 Å². The lowest BCUT2D eigenvalue weighted by atomic mass is 9.87. The van der Waals surface area contributed by atoms with Gasteiger partial charge < -0.3 is 19.8 Å². The molecule has 0 bridgehead atoms. The predicted molar refractivity (Wildman–Crippen MR) is 106 cm³/mol. The molecule has 2 fully saturated rings. The summed E-state index contributed by atoms with van der Waals surface area (Å²) in [6, 6.07) is 8.64. The monoisotopic (exact) mass is 359 g/mol. The highest BCUT2D eigenvalue weighted by Crippen LogP contribution is 2.27. The van der Waals surface area contributed by atoms with E-state index in [0.29, 0.717) is 12.0 Å². The van der Waals surface area contributed by atoms with Crippen LogP contribution in [-0.2, 0) is 0 Å². The molecular formula is C21H33N3O2. The molecule has 0 aliphatic carbocycles. The molecule has 2 saturated heterocycles. The van der Waals surface area contributed by atoms with Gasteiger partial charge in [-0.1, -0.05) is 0 Å². The fourth-order valence-electron chi connectivity index (χ4n) is 4.49. The fraction of sp³-hybridized carbons (Fsp3) is 0.667. The van der Waals surface area contributed by atoms with Gasteiger partial charge in [0.25, 0.3) is 5.91 Å². The Labute approximate surface area is 157 Å². The van der Waals surface area contributed by atoms with E-state index in [2.05, 4.69) is 36.0 Å². The molecule has 26 heavy (non-hydrogen) atoms. The zero-order valence-electron chi connectivity index (χ0n) is 16.2. The lowest BCUT2D eigenvalue weighted by molar-refractivity contribution is 0.0495. The van der Waals surface area contributed by atoms with Gasteiger partial charge in [-0.25, -0.2) is 0 Å². The lowest BCUT2D eigenvalue weighted by Crippen LogP contribution is -2.50. The molecule has 0 saturated carbocycles. The van der Waals surface area contributed by atoms with E-state index in [1.807, 2.05) is 17.0 Å². The Hall–Kier alpha value is -1.59. The maximum Gasteiger partial charge on any atom is 0.253 e. The maximum atomic E-state index is 13.0. The highest BCUT2D eigenvalue weighted by atomic mass is 16.3. The van der Waals surface area contributed by atoms with Crippen LogP contribution in [0.2, 0.25) is 0 Å². The number of aliphatic hydroxyl groups excluding tert-OH is 1. The van der Waals surface area contributed by atoms with Gasteiger partial charge in [0, 0.05) is 50.1 Å². The Kier molecular flexibility index (Phi) is 6.54. The van der Waals surface area contributed by atoms with Crippen molar-refractivity contribution < 1.29 is 9.90 Å². The van der Waals surface area contributed by atoms with Crippen molar-refractivity contribution in [2.45, 2.75) is 38.1 Å². The molecule has 1 amide bonds. The molecule has 144 valence electrons. The van der Waals surface area contributed by atoms with Crippen molar-refractivity contribution in [3.8, 4) is 0 Å². The number of carbonyl (C=O) groups is 1. The van der Waals surface area contributed by atoms with Crippen LogP contribution < -0.4 is 4.90 Å². The number of piperidine rings is 1. The topological polar surface area (TPSA) is 47.0 Å². The zero-order chi connectivity index (χ0) is 18.5. The number of benzene rings is 1. The van der Waals surface area contributed by atoms with Crippen molar-refractivity contribution in [3.05, 3.63) is 29.8 Å². The van der Waals surface area contributed by atoms with E-state index < -0.39 is 0 Å². The van der Waals surface area contributed by atoms with Crippen LogP contribution in [0.5, 0.6) is 0 Å². The van der Waals surface area contributed by atoms with Gasteiger partial charge in [0.15, 0.2) is 0 Å². The molecule has 5 nitrogen and oxygen atoms in total. The fourth-order valence-corrected chi connectivity index (χ4v) is 4.49. The van der Waals surface area contributed by atoms with Crippen LogP contribution in [0.1, 0.15) is 42.5 Å². The molecule has 1 aromatic carbocycles. The van der Waals surface area contributed by atoms with Crippen molar-refractivity contribution in [3.63, 3.8) is 0 Å².